The van der Waals surface area contributed by atoms with Crippen LogP contribution in [0.25, 0.3) is 4.85 Å². The number of nitrogens with zero attached hydrogens (tertiary/aromatic N) is 3. The summed E-state index contributed by atoms with van der Waals surface area (Å²) >= 11 is 0. The first-order chi connectivity index (χ1) is 8.20. The third-order valence-corrected chi connectivity index (χ3v) is 3.18. The van der Waals surface area contributed by atoms with E-state index in [-0.39, 0.29) is 5.91 Å². The van der Waals surface area contributed by atoms with Crippen molar-refractivity contribution in [1.29, 1.82) is 0 Å². The Morgan fingerprint density at radius 2 is 2.41 bits per heavy atom. The second-order valence-corrected chi connectivity index (χ2v) is 4.36. The van der Waals surface area contributed by atoms with Gasteiger partial charge in [-0.2, -0.15) is 0 Å². The Hall–Kier alpha value is -1.89. The zero-order valence-electron chi connectivity index (χ0n) is 9.89. The normalized spacial score (nSPS) is 19.8. The van der Waals surface area contributed by atoms with E-state index < -0.39 is 0 Å². The number of hydrogen-bond donors (Lipinski definition) is 0. The molecule has 1 atom stereocenters. The smallest absolute Gasteiger partial charge is 0.219 e. The fourth-order valence-corrected chi connectivity index (χ4v) is 2.21. The van der Waals surface area contributed by atoms with E-state index in [1.807, 2.05) is 11.0 Å². The summed E-state index contributed by atoms with van der Waals surface area (Å²) in [6.07, 6.45) is 3.69. The minimum Gasteiger partial charge on any atom is -0.342 e. The SMILES string of the molecule is [C-]#[N+]c1ccc(C2CCCN(C(C)=O)C2)nc1. The van der Waals surface area contributed by atoms with Crippen molar-refractivity contribution < 1.29 is 4.79 Å². The Morgan fingerprint density at radius 3 is 3.00 bits per heavy atom. The molecule has 4 nitrogen and oxygen atoms in total. The molecule has 1 aromatic heterocycles. The van der Waals surface area contributed by atoms with Crippen molar-refractivity contribution in [3.63, 3.8) is 0 Å². The van der Waals surface area contributed by atoms with E-state index in [4.69, 9.17) is 6.57 Å². The summed E-state index contributed by atoms with van der Waals surface area (Å²) in [7, 11) is 0. The van der Waals surface area contributed by atoms with Gasteiger partial charge in [-0.05, 0) is 12.8 Å². The van der Waals surface area contributed by atoms with Crippen LogP contribution < -0.4 is 0 Å². The van der Waals surface area contributed by atoms with Crippen LogP contribution in [0.2, 0.25) is 0 Å². The van der Waals surface area contributed by atoms with E-state index in [0.717, 1.165) is 31.6 Å². The van der Waals surface area contributed by atoms with E-state index >= 15 is 0 Å². The van der Waals surface area contributed by atoms with Crippen LogP contribution in [0.3, 0.4) is 0 Å². The predicted octanol–water partition coefficient (Wildman–Crippen LogP) is 2.36. The maximum atomic E-state index is 11.3. The first-order valence-electron chi connectivity index (χ1n) is 5.79. The quantitative estimate of drug-likeness (QED) is 0.693. The molecule has 1 unspecified atom stereocenters. The van der Waals surface area contributed by atoms with Crippen molar-refractivity contribution in [3.05, 3.63) is 35.4 Å². The molecular formula is C13H15N3O. The minimum atomic E-state index is 0.132. The second kappa shape index (κ2) is 4.96. The zero-order valence-corrected chi connectivity index (χ0v) is 9.89. The molecule has 0 N–H and O–H groups in total. The fraction of sp³-hybridized carbons (Fsp3) is 0.462. The molecule has 17 heavy (non-hydrogen) atoms. The Bertz CT molecular complexity index is 447. The first kappa shape index (κ1) is 11.6. The molecule has 1 aromatic rings. The van der Waals surface area contributed by atoms with Gasteiger partial charge in [0.05, 0.1) is 6.57 Å². The lowest BCUT2D eigenvalue weighted by molar-refractivity contribution is -0.130. The summed E-state index contributed by atoms with van der Waals surface area (Å²) in [6.45, 7) is 10.1. The lowest BCUT2D eigenvalue weighted by atomic mass is 9.94. The number of aromatic nitrogens is 1. The van der Waals surface area contributed by atoms with Crippen molar-refractivity contribution in [3.8, 4) is 0 Å². The zero-order chi connectivity index (χ0) is 12.3. The molecule has 0 aliphatic carbocycles. The molecule has 0 radical (unpaired) electrons. The highest BCUT2D eigenvalue weighted by atomic mass is 16.2. The number of carbonyl (C=O) groups is 1. The highest BCUT2D eigenvalue weighted by Gasteiger charge is 2.23. The number of pyridine rings is 1. The standard InChI is InChI=1S/C13H15N3O/c1-10(17)16-7-3-4-11(9-16)13-6-5-12(14-2)8-15-13/h5-6,8,11H,3-4,7,9H2,1H3. The number of amides is 1. The third-order valence-electron chi connectivity index (χ3n) is 3.18. The van der Waals surface area contributed by atoms with Crippen LogP contribution in [-0.4, -0.2) is 28.9 Å². The number of carbonyl (C=O) groups excluding carboxylic acids is 1. The molecule has 0 spiro atoms. The van der Waals surface area contributed by atoms with E-state index in [9.17, 15) is 4.79 Å². The molecule has 1 aliphatic rings. The fourth-order valence-electron chi connectivity index (χ4n) is 2.21. The van der Waals surface area contributed by atoms with Gasteiger partial charge in [0.2, 0.25) is 11.6 Å². The molecule has 0 saturated carbocycles. The average Bonchev–Trinajstić information content (AvgIpc) is 2.39. The molecule has 2 heterocycles. The summed E-state index contributed by atoms with van der Waals surface area (Å²) in [6, 6.07) is 3.70. The maximum absolute atomic E-state index is 11.3. The number of likely N-dealkylation sites (tertiary alicyclic amines) is 1. The van der Waals surface area contributed by atoms with Gasteiger partial charge >= 0.3 is 0 Å². The lowest BCUT2D eigenvalue weighted by Gasteiger charge is -2.31. The Labute approximate surface area is 101 Å². The minimum absolute atomic E-state index is 0.132. The van der Waals surface area contributed by atoms with Crippen LogP contribution in [0, 0.1) is 6.57 Å². The van der Waals surface area contributed by atoms with Gasteiger partial charge in [0.15, 0.2) is 0 Å². The van der Waals surface area contributed by atoms with Gasteiger partial charge in [0, 0.05) is 37.8 Å². The highest BCUT2D eigenvalue weighted by Crippen LogP contribution is 2.26. The van der Waals surface area contributed by atoms with Crippen molar-refractivity contribution in [2.24, 2.45) is 0 Å². The van der Waals surface area contributed by atoms with E-state index in [0.29, 0.717) is 11.6 Å². The Morgan fingerprint density at radius 1 is 1.59 bits per heavy atom. The van der Waals surface area contributed by atoms with Crippen molar-refractivity contribution in [1.82, 2.24) is 9.88 Å². The molecule has 1 saturated heterocycles. The number of hydrogen-bond acceptors (Lipinski definition) is 2. The predicted molar refractivity (Wildman–Crippen MR) is 64.7 cm³/mol. The molecule has 4 heteroatoms. The molecule has 88 valence electrons. The molecule has 2 rings (SSSR count). The summed E-state index contributed by atoms with van der Waals surface area (Å²) in [4.78, 5) is 20.9. The van der Waals surface area contributed by atoms with Gasteiger partial charge in [-0.3, -0.25) is 9.78 Å². The maximum Gasteiger partial charge on any atom is 0.219 e. The highest BCUT2D eigenvalue weighted by molar-refractivity contribution is 5.73. The Balaban J connectivity index is 2.11. The monoisotopic (exact) mass is 229 g/mol. The second-order valence-electron chi connectivity index (χ2n) is 4.36. The topological polar surface area (TPSA) is 37.6 Å². The summed E-state index contributed by atoms with van der Waals surface area (Å²) < 4.78 is 0. The van der Waals surface area contributed by atoms with Crippen LogP contribution in [0.5, 0.6) is 0 Å². The average molecular weight is 229 g/mol. The van der Waals surface area contributed by atoms with Crippen LogP contribution in [0.1, 0.15) is 31.4 Å². The van der Waals surface area contributed by atoms with Crippen molar-refractivity contribution in [2.75, 3.05) is 13.1 Å². The molecule has 1 fully saturated rings. The lowest BCUT2D eigenvalue weighted by Crippen LogP contribution is -2.37. The van der Waals surface area contributed by atoms with Crippen molar-refractivity contribution in [2.45, 2.75) is 25.7 Å². The van der Waals surface area contributed by atoms with E-state index in [2.05, 4.69) is 9.83 Å². The van der Waals surface area contributed by atoms with Gasteiger partial charge in [-0.15, -0.1) is 0 Å². The van der Waals surface area contributed by atoms with E-state index in [1.165, 1.54) is 0 Å². The van der Waals surface area contributed by atoms with Gasteiger partial charge in [-0.1, -0.05) is 12.1 Å². The first-order valence-corrected chi connectivity index (χ1v) is 5.79. The van der Waals surface area contributed by atoms with Gasteiger partial charge in [0.25, 0.3) is 0 Å². The van der Waals surface area contributed by atoms with E-state index in [1.54, 1.807) is 19.2 Å². The van der Waals surface area contributed by atoms with Gasteiger partial charge < -0.3 is 4.90 Å². The van der Waals surface area contributed by atoms with Crippen molar-refractivity contribution >= 4 is 11.6 Å². The van der Waals surface area contributed by atoms with Gasteiger partial charge in [0.1, 0.15) is 0 Å². The van der Waals surface area contributed by atoms with Crippen LogP contribution in [-0.2, 0) is 4.79 Å². The summed E-state index contributed by atoms with van der Waals surface area (Å²) in [5.74, 6) is 0.444. The molecular weight excluding hydrogens is 214 g/mol. The summed E-state index contributed by atoms with van der Waals surface area (Å²) in [5.41, 5.74) is 1.55. The molecule has 0 aromatic carbocycles. The van der Waals surface area contributed by atoms with Crippen LogP contribution >= 0.6 is 0 Å². The molecule has 1 amide bonds. The van der Waals surface area contributed by atoms with Gasteiger partial charge in [-0.25, -0.2) is 4.85 Å². The molecule has 1 aliphatic heterocycles. The van der Waals surface area contributed by atoms with Crippen LogP contribution in [0.4, 0.5) is 5.69 Å². The Kier molecular flexibility index (Phi) is 3.38. The summed E-state index contributed by atoms with van der Waals surface area (Å²) in [5, 5.41) is 0. The van der Waals surface area contributed by atoms with Crippen LogP contribution in [0.15, 0.2) is 18.3 Å². The largest absolute Gasteiger partial charge is 0.342 e. The number of piperidine rings is 1. The number of rotatable bonds is 1. The molecule has 0 bridgehead atoms. The third kappa shape index (κ3) is 2.62.